The van der Waals surface area contributed by atoms with Gasteiger partial charge < -0.3 is 20.3 Å². The third-order valence-corrected chi connectivity index (χ3v) is 1.32. The van der Waals surface area contributed by atoms with Gasteiger partial charge in [0.25, 0.3) is 0 Å². The van der Waals surface area contributed by atoms with E-state index in [2.05, 4.69) is 12.2 Å². The lowest BCUT2D eigenvalue weighted by molar-refractivity contribution is -0.651. The summed E-state index contributed by atoms with van der Waals surface area (Å²) in [6, 6.07) is 0. The van der Waals surface area contributed by atoms with E-state index in [1.165, 1.54) is 0 Å². The Morgan fingerprint density at radius 1 is 1.38 bits per heavy atom. The van der Waals surface area contributed by atoms with Crippen molar-refractivity contribution in [1.82, 2.24) is 0 Å². The third kappa shape index (κ3) is 15.2. The van der Waals surface area contributed by atoms with Crippen LogP contribution in [-0.4, -0.2) is 36.3 Å². The highest BCUT2D eigenvalue weighted by Gasteiger charge is 2.28. The van der Waals surface area contributed by atoms with Crippen LogP contribution in [0.2, 0.25) is 0 Å². The number of alkyl halides is 3. The molecular formula is C8H14F3NO4. The van der Waals surface area contributed by atoms with Crippen molar-refractivity contribution in [1.29, 1.82) is 0 Å². The molecule has 0 bridgehead atoms. The number of carboxylic acids is 2. The molecule has 0 heterocycles. The smallest absolute Gasteiger partial charge is 0.430 e. The Bertz CT molecular complexity index is 218. The van der Waals surface area contributed by atoms with Gasteiger partial charge in [0.2, 0.25) is 0 Å². The second-order valence-corrected chi connectivity index (χ2v) is 2.77. The topological polar surface area (TPSA) is 94.0 Å². The van der Waals surface area contributed by atoms with Crippen LogP contribution < -0.4 is 10.4 Å². The molecule has 0 aliphatic heterocycles. The Morgan fingerprint density at radius 3 is 2.06 bits per heavy atom. The zero-order chi connectivity index (χ0) is 13.2. The fourth-order valence-electron chi connectivity index (χ4n) is 0.602. The van der Waals surface area contributed by atoms with E-state index in [-0.39, 0.29) is 0 Å². The normalized spacial score (nSPS) is 10.2. The first-order valence-electron chi connectivity index (χ1n) is 4.53. The average molecular weight is 245 g/mol. The third-order valence-electron chi connectivity index (χ3n) is 1.32. The Labute approximate surface area is 90.3 Å². The van der Waals surface area contributed by atoms with Gasteiger partial charge in [-0.15, -0.1) is 0 Å². The van der Waals surface area contributed by atoms with Gasteiger partial charge in [-0.05, 0) is 6.92 Å². The molecule has 0 saturated heterocycles. The van der Waals surface area contributed by atoms with Gasteiger partial charge >= 0.3 is 12.1 Å². The minimum atomic E-state index is -5.19. The lowest BCUT2D eigenvalue weighted by Gasteiger charge is -2.03. The van der Waals surface area contributed by atoms with E-state index in [4.69, 9.17) is 15.0 Å². The zero-order valence-electron chi connectivity index (χ0n) is 8.71. The van der Waals surface area contributed by atoms with Gasteiger partial charge in [-0.1, -0.05) is 0 Å². The van der Waals surface area contributed by atoms with Crippen LogP contribution in [0, 0.1) is 0 Å². The average Bonchev–Trinajstić information content (AvgIpc) is 2.11. The molecule has 5 nitrogen and oxygen atoms in total. The summed E-state index contributed by atoms with van der Waals surface area (Å²) < 4.78 is 31.5. The Morgan fingerprint density at radius 2 is 1.81 bits per heavy atom. The molecule has 0 saturated carbocycles. The molecule has 0 aliphatic rings. The Kier molecular flexibility index (Phi) is 9.57. The molecule has 0 radical (unpaired) electrons. The van der Waals surface area contributed by atoms with Crippen molar-refractivity contribution in [3.05, 3.63) is 0 Å². The fraction of sp³-hybridized carbons (Fsp3) is 0.750. The highest BCUT2D eigenvalue weighted by atomic mass is 19.4. The largest absolute Gasteiger partial charge is 0.542 e. The number of nitrogens with two attached hydrogens (primary N) is 1. The summed E-state index contributed by atoms with van der Waals surface area (Å²) in [6.45, 7) is 4.03. The van der Waals surface area contributed by atoms with Gasteiger partial charge in [-0.25, -0.2) is 0 Å². The summed E-state index contributed by atoms with van der Waals surface area (Å²) in [5.41, 5.74) is 0. The second kappa shape index (κ2) is 8.96. The van der Waals surface area contributed by atoms with E-state index >= 15 is 0 Å². The van der Waals surface area contributed by atoms with E-state index < -0.39 is 18.1 Å². The summed E-state index contributed by atoms with van der Waals surface area (Å²) >= 11 is 0. The molecular weight excluding hydrogens is 231 g/mol. The second-order valence-electron chi connectivity index (χ2n) is 2.77. The van der Waals surface area contributed by atoms with Crippen LogP contribution in [0.15, 0.2) is 0 Å². The van der Waals surface area contributed by atoms with Gasteiger partial charge in [-0.2, -0.15) is 13.2 Å². The van der Waals surface area contributed by atoms with Crippen molar-refractivity contribution in [3.63, 3.8) is 0 Å². The number of halogens is 3. The fourth-order valence-corrected chi connectivity index (χ4v) is 0.602. The summed E-state index contributed by atoms with van der Waals surface area (Å²) in [5, 5.41) is 19.1. The van der Waals surface area contributed by atoms with E-state index in [1.807, 2.05) is 0 Å². The molecule has 8 heteroatoms. The number of hydrogen-bond donors (Lipinski definition) is 2. The quantitative estimate of drug-likeness (QED) is 0.591. The van der Waals surface area contributed by atoms with Gasteiger partial charge in [0.1, 0.15) is 5.97 Å². The minimum absolute atomic E-state index is 0.302. The number of carbonyl (C=O) groups is 2. The molecule has 0 amide bonds. The van der Waals surface area contributed by atoms with Crippen LogP contribution in [0.3, 0.4) is 0 Å². The summed E-state index contributed by atoms with van der Waals surface area (Å²) in [7, 11) is 0. The van der Waals surface area contributed by atoms with Crippen molar-refractivity contribution in [3.8, 4) is 0 Å². The maximum absolute atomic E-state index is 10.5. The van der Waals surface area contributed by atoms with Crippen molar-refractivity contribution in [2.24, 2.45) is 0 Å². The molecule has 0 aromatic rings. The minimum Gasteiger partial charge on any atom is -0.542 e. The summed E-state index contributed by atoms with van der Waals surface area (Å²) in [6.07, 6.45) is -4.11. The number of aliphatic carboxylic acids is 2. The van der Waals surface area contributed by atoms with E-state index in [1.54, 1.807) is 0 Å². The first kappa shape index (κ1) is 17.1. The van der Waals surface area contributed by atoms with Crippen LogP contribution >= 0.6 is 0 Å². The lowest BCUT2D eigenvalue weighted by atomic mass is 10.3. The predicted octanol–water partition coefficient (Wildman–Crippen LogP) is -1.27. The maximum Gasteiger partial charge on any atom is 0.430 e. The summed E-state index contributed by atoms with van der Waals surface area (Å²) in [4.78, 5) is 18.7. The SMILES string of the molecule is CC[NH2+]CCCC(=O)O.O=C([O-])C(F)(F)F. The van der Waals surface area contributed by atoms with E-state index in [0.29, 0.717) is 6.42 Å². The molecule has 3 N–H and O–H groups in total. The monoisotopic (exact) mass is 245 g/mol. The predicted molar refractivity (Wildman–Crippen MR) is 45.3 cm³/mol. The maximum atomic E-state index is 10.5. The van der Waals surface area contributed by atoms with E-state index in [0.717, 1.165) is 19.5 Å². The molecule has 0 unspecified atom stereocenters. The van der Waals surface area contributed by atoms with Crippen molar-refractivity contribution >= 4 is 11.9 Å². The van der Waals surface area contributed by atoms with Gasteiger partial charge in [0.15, 0.2) is 0 Å². The van der Waals surface area contributed by atoms with Crippen LogP contribution in [0.4, 0.5) is 13.2 Å². The first-order chi connectivity index (χ1) is 7.21. The molecule has 0 aromatic carbocycles. The van der Waals surface area contributed by atoms with Crippen LogP contribution in [0.1, 0.15) is 19.8 Å². The standard InChI is InChI=1S/C6H13NO2.C2HF3O2/c1-2-7-5-3-4-6(8)9;3-2(4,5)1(6)7/h7H,2-5H2,1H3,(H,8,9);(H,6,7). The van der Waals surface area contributed by atoms with Crippen molar-refractivity contribution in [2.75, 3.05) is 13.1 Å². The van der Waals surface area contributed by atoms with Gasteiger partial charge in [-0.3, -0.25) is 4.79 Å². The molecule has 0 aromatic heterocycles. The van der Waals surface area contributed by atoms with Crippen LogP contribution in [0.5, 0.6) is 0 Å². The Hall–Kier alpha value is -1.31. The molecule has 0 fully saturated rings. The first-order valence-corrected chi connectivity index (χ1v) is 4.53. The van der Waals surface area contributed by atoms with E-state index in [9.17, 15) is 18.0 Å². The molecule has 0 spiro atoms. The highest BCUT2D eigenvalue weighted by molar-refractivity contribution is 5.70. The van der Waals surface area contributed by atoms with Crippen LogP contribution in [0.25, 0.3) is 0 Å². The number of quaternary nitrogens is 1. The number of hydrogen-bond acceptors (Lipinski definition) is 3. The van der Waals surface area contributed by atoms with Crippen LogP contribution in [-0.2, 0) is 9.59 Å². The Balaban J connectivity index is 0. The lowest BCUT2D eigenvalue weighted by Crippen LogP contribution is -2.83. The zero-order valence-corrected chi connectivity index (χ0v) is 8.71. The summed E-state index contributed by atoms with van der Waals surface area (Å²) in [5.74, 6) is -3.70. The van der Waals surface area contributed by atoms with Crippen molar-refractivity contribution < 1.29 is 38.3 Å². The van der Waals surface area contributed by atoms with Crippen molar-refractivity contribution in [2.45, 2.75) is 25.9 Å². The molecule has 0 aliphatic carbocycles. The number of carbonyl (C=O) groups excluding carboxylic acids is 1. The van der Waals surface area contributed by atoms with Gasteiger partial charge in [0.05, 0.1) is 19.5 Å². The molecule has 96 valence electrons. The number of carboxylic acid groups (broad SMARTS) is 2. The number of rotatable bonds is 5. The molecule has 16 heavy (non-hydrogen) atoms. The van der Waals surface area contributed by atoms with Gasteiger partial charge in [0, 0.05) is 6.42 Å². The highest BCUT2D eigenvalue weighted by Crippen LogP contribution is 2.11. The molecule has 0 rings (SSSR count). The molecule has 0 atom stereocenters.